The normalized spacial score (nSPS) is 9.64. The number of benzene rings is 2. The Morgan fingerprint density at radius 2 is 1.68 bits per heavy atom. The Morgan fingerprint density at radius 3 is 2.32 bits per heavy atom. The van der Waals surface area contributed by atoms with Gasteiger partial charge in [0.25, 0.3) is 11.8 Å². The van der Waals surface area contributed by atoms with E-state index in [4.69, 9.17) is 16.9 Å². The zero-order chi connectivity index (χ0) is 16.1. The topological polar surface area (TPSA) is 102 Å². The van der Waals surface area contributed by atoms with Gasteiger partial charge in [0.05, 0.1) is 17.2 Å². The molecule has 22 heavy (non-hydrogen) atoms. The lowest BCUT2D eigenvalue weighted by Gasteiger charge is -2.09. The number of carbonyl (C=O) groups is 2. The first kappa shape index (κ1) is 15.4. The van der Waals surface area contributed by atoms with E-state index in [1.165, 1.54) is 42.5 Å². The SMILES string of the molecule is N#Cc1ccc(C(=O)NNC(=O)c2cc(Cl)ccc2O)cc1. The van der Waals surface area contributed by atoms with Crippen molar-refractivity contribution < 1.29 is 14.7 Å². The average Bonchev–Trinajstić information content (AvgIpc) is 2.54. The molecule has 0 atom stereocenters. The van der Waals surface area contributed by atoms with Gasteiger partial charge in [-0.25, -0.2) is 0 Å². The minimum Gasteiger partial charge on any atom is -0.507 e. The molecule has 0 heterocycles. The van der Waals surface area contributed by atoms with Crippen LogP contribution in [0.1, 0.15) is 26.3 Å². The largest absolute Gasteiger partial charge is 0.507 e. The van der Waals surface area contributed by atoms with Crippen LogP contribution >= 0.6 is 11.6 Å². The number of aromatic hydroxyl groups is 1. The smallest absolute Gasteiger partial charge is 0.273 e. The highest BCUT2D eigenvalue weighted by Gasteiger charge is 2.13. The molecule has 7 heteroatoms. The lowest BCUT2D eigenvalue weighted by Crippen LogP contribution is -2.41. The number of hydrazine groups is 1. The fraction of sp³-hybridized carbons (Fsp3) is 0. The van der Waals surface area contributed by atoms with Crippen LogP contribution in [0.25, 0.3) is 0 Å². The average molecular weight is 316 g/mol. The Kier molecular flexibility index (Phi) is 4.61. The Hall–Kier alpha value is -3.04. The first-order valence-corrected chi connectivity index (χ1v) is 6.48. The number of amides is 2. The molecule has 0 radical (unpaired) electrons. The molecule has 0 unspecified atom stereocenters. The maximum atomic E-state index is 11.9. The minimum atomic E-state index is -0.706. The van der Waals surface area contributed by atoms with Crippen molar-refractivity contribution in [2.45, 2.75) is 0 Å². The summed E-state index contributed by atoms with van der Waals surface area (Å²) in [7, 11) is 0. The Balaban J connectivity index is 2.02. The molecule has 2 amide bonds. The highest BCUT2D eigenvalue weighted by molar-refractivity contribution is 6.31. The van der Waals surface area contributed by atoms with Gasteiger partial charge >= 0.3 is 0 Å². The number of phenolic OH excluding ortho intramolecular Hbond substituents is 1. The van der Waals surface area contributed by atoms with E-state index in [2.05, 4.69) is 10.9 Å². The van der Waals surface area contributed by atoms with Gasteiger partial charge in [-0.1, -0.05) is 11.6 Å². The molecule has 0 saturated carbocycles. The maximum Gasteiger partial charge on any atom is 0.273 e. The van der Waals surface area contributed by atoms with E-state index in [0.29, 0.717) is 5.56 Å². The van der Waals surface area contributed by atoms with Gasteiger partial charge in [-0.3, -0.25) is 20.4 Å². The Bertz CT molecular complexity index is 767. The number of rotatable bonds is 2. The summed E-state index contributed by atoms with van der Waals surface area (Å²) in [5.74, 6) is -1.52. The molecule has 110 valence electrons. The van der Waals surface area contributed by atoms with E-state index in [1.807, 2.05) is 6.07 Å². The number of hydrogen-bond acceptors (Lipinski definition) is 4. The molecule has 2 aromatic carbocycles. The van der Waals surface area contributed by atoms with E-state index < -0.39 is 11.8 Å². The second-order valence-electron chi connectivity index (χ2n) is 4.26. The first-order valence-electron chi connectivity index (χ1n) is 6.10. The molecule has 0 saturated heterocycles. The molecule has 0 fully saturated rings. The zero-order valence-corrected chi connectivity index (χ0v) is 11.9. The fourth-order valence-corrected chi connectivity index (χ4v) is 1.81. The summed E-state index contributed by atoms with van der Waals surface area (Å²) in [4.78, 5) is 23.7. The monoisotopic (exact) mass is 315 g/mol. The lowest BCUT2D eigenvalue weighted by molar-refractivity contribution is 0.0845. The first-order chi connectivity index (χ1) is 10.5. The van der Waals surface area contributed by atoms with Crippen LogP contribution in [-0.4, -0.2) is 16.9 Å². The predicted molar refractivity (Wildman–Crippen MR) is 79.2 cm³/mol. The third-order valence-electron chi connectivity index (χ3n) is 2.77. The minimum absolute atomic E-state index is 0.0624. The second kappa shape index (κ2) is 6.61. The molecule has 0 aliphatic carbocycles. The van der Waals surface area contributed by atoms with E-state index in [0.717, 1.165) is 0 Å². The molecular weight excluding hydrogens is 306 g/mol. The van der Waals surface area contributed by atoms with Crippen molar-refractivity contribution in [3.8, 4) is 11.8 Å². The molecule has 0 aromatic heterocycles. The summed E-state index contributed by atoms with van der Waals surface area (Å²) in [5, 5.41) is 18.5. The maximum absolute atomic E-state index is 11.9. The van der Waals surface area contributed by atoms with Crippen LogP contribution in [-0.2, 0) is 0 Å². The number of halogens is 1. The van der Waals surface area contributed by atoms with Crippen LogP contribution in [0.5, 0.6) is 5.75 Å². The number of phenols is 1. The van der Waals surface area contributed by atoms with E-state index in [-0.39, 0.29) is 21.9 Å². The summed E-state index contributed by atoms with van der Waals surface area (Å²) in [6.07, 6.45) is 0. The number of nitrogens with one attached hydrogen (secondary N) is 2. The van der Waals surface area contributed by atoms with Gasteiger partial charge in [0, 0.05) is 10.6 Å². The third-order valence-corrected chi connectivity index (χ3v) is 3.00. The molecule has 0 bridgehead atoms. The molecular formula is C15H10ClN3O3. The third kappa shape index (κ3) is 3.53. The van der Waals surface area contributed by atoms with Crippen LogP contribution in [0.3, 0.4) is 0 Å². The van der Waals surface area contributed by atoms with Gasteiger partial charge < -0.3 is 5.11 Å². The van der Waals surface area contributed by atoms with Gasteiger partial charge in [0.1, 0.15) is 5.75 Å². The van der Waals surface area contributed by atoms with E-state index in [9.17, 15) is 14.7 Å². The molecule has 3 N–H and O–H groups in total. The van der Waals surface area contributed by atoms with Crippen molar-refractivity contribution in [3.05, 3.63) is 64.2 Å². The van der Waals surface area contributed by atoms with Crippen LogP contribution < -0.4 is 10.9 Å². The highest BCUT2D eigenvalue weighted by Crippen LogP contribution is 2.20. The van der Waals surface area contributed by atoms with Gasteiger partial charge in [0.15, 0.2) is 0 Å². The van der Waals surface area contributed by atoms with Gasteiger partial charge in [-0.05, 0) is 42.5 Å². The standard InChI is InChI=1S/C15H10ClN3O3/c16-11-5-6-13(20)12(7-11)15(22)19-18-14(21)10-3-1-9(8-17)2-4-10/h1-7,20H,(H,18,21)(H,19,22). The molecule has 0 spiro atoms. The van der Waals surface area contributed by atoms with Crippen molar-refractivity contribution in [2.24, 2.45) is 0 Å². The summed E-state index contributed by atoms with van der Waals surface area (Å²) >= 11 is 5.74. The summed E-state index contributed by atoms with van der Waals surface area (Å²) in [6, 6.07) is 11.8. The Labute approximate surface area is 130 Å². The van der Waals surface area contributed by atoms with E-state index >= 15 is 0 Å². The molecule has 6 nitrogen and oxygen atoms in total. The fourth-order valence-electron chi connectivity index (χ4n) is 1.64. The van der Waals surface area contributed by atoms with Crippen LogP contribution in [0.15, 0.2) is 42.5 Å². The number of carbonyl (C=O) groups excluding carboxylic acids is 2. The van der Waals surface area contributed by atoms with Crippen molar-refractivity contribution in [1.29, 1.82) is 5.26 Å². The molecule has 0 aliphatic heterocycles. The summed E-state index contributed by atoms with van der Waals surface area (Å²) < 4.78 is 0. The quantitative estimate of drug-likeness (QED) is 0.737. The lowest BCUT2D eigenvalue weighted by atomic mass is 10.1. The molecule has 0 aliphatic rings. The van der Waals surface area contributed by atoms with Crippen molar-refractivity contribution in [3.63, 3.8) is 0 Å². The number of nitrogens with zero attached hydrogens (tertiary/aromatic N) is 1. The van der Waals surface area contributed by atoms with Gasteiger partial charge in [0.2, 0.25) is 0 Å². The number of hydrogen-bond donors (Lipinski definition) is 3. The molecule has 2 rings (SSSR count). The second-order valence-corrected chi connectivity index (χ2v) is 4.70. The van der Waals surface area contributed by atoms with Crippen LogP contribution in [0, 0.1) is 11.3 Å². The predicted octanol–water partition coefficient (Wildman–Crippen LogP) is 1.99. The van der Waals surface area contributed by atoms with Gasteiger partial charge in [-0.2, -0.15) is 5.26 Å². The van der Waals surface area contributed by atoms with Crippen molar-refractivity contribution >= 4 is 23.4 Å². The van der Waals surface area contributed by atoms with Crippen LogP contribution in [0.2, 0.25) is 5.02 Å². The summed E-state index contributed by atoms with van der Waals surface area (Å²) in [5.41, 5.74) is 5.01. The van der Waals surface area contributed by atoms with Crippen LogP contribution in [0.4, 0.5) is 0 Å². The van der Waals surface area contributed by atoms with Crippen molar-refractivity contribution in [1.82, 2.24) is 10.9 Å². The van der Waals surface area contributed by atoms with E-state index in [1.54, 1.807) is 0 Å². The number of nitriles is 1. The summed E-state index contributed by atoms with van der Waals surface area (Å²) in [6.45, 7) is 0. The Morgan fingerprint density at radius 1 is 1.05 bits per heavy atom. The highest BCUT2D eigenvalue weighted by atomic mass is 35.5. The molecule has 2 aromatic rings. The van der Waals surface area contributed by atoms with Crippen molar-refractivity contribution in [2.75, 3.05) is 0 Å². The van der Waals surface area contributed by atoms with Gasteiger partial charge in [-0.15, -0.1) is 0 Å². The zero-order valence-electron chi connectivity index (χ0n) is 11.1.